The number of aromatic nitrogens is 3. The molecule has 0 saturated carbocycles. The van der Waals surface area contributed by atoms with Crippen LogP contribution in [0, 0.1) is 18.6 Å². The third-order valence-corrected chi connectivity index (χ3v) is 7.33. The lowest BCUT2D eigenvalue weighted by atomic mass is 9.94. The zero-order valence-electron chi connectivity index (χ0n) is 19.5. The van der Waals surface area contributed by atoms with E-state index in [2.05, 4.69) is 19.9 Å². The average Bonchev–Trinajstić information content (AvgIpc) is 3.09. The molecule has 2 saturated heterocycles. The predicted molar refractivity (Wildman–Crippen MR) is 130 cm³/mol. The number of carbonyl (C=O) groups is 1. The molecule has 2 aliphatic rings. The Hall–Kier alpha value is -3.68. The first-order valence-electron chi connectivity index (χ1n) is 11.9. The Labute approximate surface area is 200 Å². The molecule has 0 aliphatic carbocycles. The minimum atomic E-state index is -0.645. The van der Waals surface area contributed by atoms with E-state index in [0.717, 1.165) is 12.8 Å². The van der Waals surface area contributed by atoms with Crippen LogP contribution in [0.2, 0.25) is 0 Å². The molecule has 2 fully saturated rings. The second kappa shape index (κ2) is 7.93. The molecule has 4 aromatic rings. The molecular formula is C27H24F2N4O2. The lowest BCUT2D eigenvalue weighted by Gasteiger charge is -2.35. The molecular weight excluding hydrogens is 450 g/mol. The number of rotatable bonds is 3. The summed E-state index contributed by atoms with van der Waals surface area (Å²) >= 11 is 0. The van der Waals surface area contributed by atoms with Gasteiger partial charge in [0.1, 0.15) is 40.2 Å². The van der Waals surface area contributed by atoms with Crippen LogP contribution in [0.3, 0.4) is 0 Å². The molecule has 2 atom stereocenters. The Bertz CT molecular complexity index is 1520. The average molecular weight is 475 g/mol. The number of halogens is 2. The molecule has 2 bridgehead atoms. The van der Waals surface area contributed by atoms with E-state index in [1.165, 1.54) is 18.2 Å². The van der Waals surface area contributed by atoms with E-state index < -0.39 is 5.82 Å². The van der Waals surface area contributed by atoms with Crippen molar-refractivity contribution in [1.82, 2.24) is 15.0 Å². The number of phenols is 1. The van der Waals surface area contributed by atoms with Crippen LogP contribution in [-0.2, 0) is 11.2 Å². The second-order valence-corrected chi connectivity index (χ2v) is 9.49. The number of nitrogens with zero attached hydrogens (tertiary/aromatic N) is 4. The molecule has 1 N–H and O–H groups in total. The van der Waals surface area contributed by atoms with Crippen molar-refractivity contribution in [3.8, 4) is 17.0 Å². The van der Waals surface area contributed by atoms with Crippen molar-refractivity contribution in [3.63, 3.8) is 0 Å². The van der Waals surface area contributed by atoms with Gasteiger partial charge in [-0.2, -0.15) is 0 Å². The largest absolute Gasteiger partial charge is 0.508 e. The minimum absolute atomic E-state index is 0.000422. The first-order valence-corrected chi connectivity index (χ1v) is 11.9. The Morgan fingerprint density at radius 1 is 1.11 bits per heavy atom. The number of fused-ring (bicyclic) bond motifs is 4. The van der Waals surface area contributed by atoms with E-state index in [-0.39, 0.29) is 40.6 Å². The monoisotopic (exact) mass is 474 g/mol. The van der Waals surface area contributed by atoms with Gasteiger partial charge in [0.2, 0.25) is 0 Å². The number of phenolic OH excluding ortho intramolecular Hbond substituents is 1. The SMILES string of the molecule is CCc1c(F)ccc2cc(O)cc(-c3ncc4c(N5C6CCC5CC(=O)C6)nc(C)nc4c3F)c12. The van der Waals surface area contributed by atoms with Gasteiger partial charge in [0.05, 0.1) is 5.39 Å². The van der Waals surface area contributed by atoms with Gasteiger partial charge in [-0.1, -0.05) is 13.0 Å². The molecule has 35 heavy (non-hydrogen) atoms. The lowest BCUT2D eigenvalue weighted by molar-refractivity contribution is -0.120. The van der Waals surface area contributed by atoms with Gasteiger partial charge < -0.3 is 10.0 Å². The summed E-state index contributed by atoms with van der Waals surface area (Å²) in [7, 11) is 0. The van der Waals surface area contributed by atoms with Crippen molar-refractivity contribution in [2.75, 3.05) is 4.90 Å². The third-order valence-electron chi connectivity index (χ3n) is 7.33. The van der Waals surface area contributed by atoms with Crippen LogP contribution in [-0.4, -0.2) is 37.9 Å². The number of benzene rings is 2. The molecule has 0 radical (unpaired) electrons. The fourth-order valence-corrected chi connectivity index (χ4v) is 5.88. The van der Waals surface area contributed by atoms with Gasteiger partial charge in [0.25, 0.3) is 0 Å². The van der Waals surface area contributed by atoms with E-state index in [1.807, 2.05) is 6.92 Å². The summed E-state index contributed by atoms with van der Waals surface area (Å²) in [4.78, 5) is 27.8. The summed E-state index contributed by atoms with van der Waals surface area (Å²) in [5.41, 5.74) is 0.879. The standard InChI is InChI=1S/C27H24F2N4O2/c1-3-19-22(28)7-4-14-8-17(34)11-20(23(14)19)25-24(29)26-21(12-30-25)27(32-13(2)31-26)33-15-5-6-16(33)10-18(35)9-15/h4,7-8,11-12,15-16,34H,3,5-6,9-10H2,1-2H3. The van der Waals surface area contributed by atoms with Crippen molar-refractivity contribution in [3.05, 3.63) is 53.5 Å². The Morgan fingerprint density at radius 3 is 2.57 bits per heavy atom. The van der Waals surface area contributed by atoms with Gasteiger partial charge in [-0.05, 0) is 60.7 Å². The minimum Gasteiger partial charge on any atom is -0.508 e. The number of aryl methyl sites for hydroxylation is 2. The molecule has 4 heterocycles. The summed E-state index contributed by atoms with van der Waals surface area (Å²) < 4.78 is 30.8. The van der Waals surface area contributed by atoms with E-state index in [4.69, 9.17) is 0 Å². The van der Waals surface area contributed by atoms with E-state index in [9.17, 15) is 14.3 Å². The normalized spacial score (nSPS) is 19.8. The molecule has 6 rings (SSSR count). The number of carbonyl (C=O) groups excluding carboxylic acids is 1. The van der Waals surface area contributed by atoms with Crippen LogP contribution in [0.4, 0.5) is 14.6 Å². The first-order chi connectivity index (χ1) is 16.9. The lowest BCUT2D eigenvalue weighted by Crippen LogP contribution is -2.44. The van der Waals surface area contributed by atoms with Gasteiger partial charge in [0.15, 0.2) is 5.82 Å². The highest BCUT2D eigenvalue weighted by molar-refractivity contribution is 6.02. The molecule has 2 aromatic carbocycles. The Kier molecular flexibility index (Phi) is 4.95. The molecule has 6 nitrogen and oxygen atoms in total. The van der Waals surface area contributed by atoms with Gasteiger partial charge in [-0.25, -0.2) is 18.7 Å². The van der Waals surface area contributed by atoms with Crippen LogP contribution in [0.15, 0.2) is 30.5 Å². The fraction of sp³-hybridized carbons (Fsp3) is 0.333. The first kappa shape index (κ1) is 21.8. The summed E-state index contributed by atoms with van der Waals surface area (Å²) in [5.74, 6) is 0.186. The Morgan fingerprint density at radius 2 is 1.86 bits per heavy atom. The summed E-state index contributed by atoms with van der Waals surface area (Å²) in [6, 6.07) is 5.98. The molecule has 2 unspecified atom stereocenters. The number of piperidine rings is 1. The maximum absolute atomic E-state index is 16.1. The number of hydrogen-bond donors (Lipinski definition) is 1. The zero-order valence-corrected chi connectivity index (χ0v) is 19.5. The van der Waals surface area contributed by atoms with Crippen molar-refractivity contribution in [1.29, 1.82) is 0 Å². The highest BCUT2D eigenvalue weighted by atomic mass is 19.1. The number of hydrogen-bond acceptors (Lipinski definition) is 6. The van der Waals surface area contributed by atoms with Crippen molar-refractivity contribution in [2.24, 2.45) is 0 Å². The number of pyridine rings is 1. The summed E-state index contributed by atoms with van der Waals surface area (Å²) in [6.07, 6.45) is 4.69. The molecule has 0 amide bonds. The zero-order chi connectivity index (χ0) is 24.4. The van der Waals surface area contributed by atoms with E-state index in [0.29, 0.717) is 58.2 Å². The van der Waals surface area contributed by atoms with Gasteiger partial charge in [-0.15, -0.1) is 0 Å². The topological polar surface area (TPSA) is 79.2 Å². The van der Waals surface area contributed by atoms with E-state index in [1.54, 1.807) is 19.2 Å². The van der Waals surface area contributed by atoms with Crippen molar-refractivity contribution in [2.45, 2.75) is 58.0 Å². The van der Waals surface area contributed by atoms with Crippen molar-refractivity contribution < 1.29 is 18.7 Å². The van der Waals surface area contributed by atoms with Gasteiger partial charge in [0, 0.05) is 36.7 Å². The molecule has 2 aliphatic heterocycles. The maximum atomic E-state index is 16.1. The number of anilines is 1. The molecule has 2 aromatic heterocycles. The summed E-state index contributed by atoms with van der Waals surface area (Å²) in [5, 5.41) is 12.0. The van der Waals surface area contributed by atoms with Crippen LogP contribution < -0.4 is 4.90 Å². The second-order valence-electron chi connectivity index (χ2n) is 9.49. The quantitative estimate of drug-likeness (QED) is 0.428. The third kappa shape index (κ3) is 3.34. The molecule has 0 spiro atoms. The van der Waals surface area contributed by atoms with Gasteiger partial charge in [-0.3, -0.25) is 9.78 Å². The van der Waals surface area contributed by atoms with Crippen LogP contribution in [0.5, 0.6) is 5.75 Å². The predicted octanol–water partition coefficient (Wildman–Crippen LogP) is 5.40. The van der Waals surface area contributed by atoms with Crippen LogP contribution >= 0.6 is 0 Å². The maximum Gasteiger partial charge on any atom is 0.175 e. The highest BCUT2D eigenvalue weighted by Gasteiger charge is 2.41. The van der Waals surface area contributed by atoms with Crippen LogP contribution in [0.1, 0.15) is 44.0 Å². The summed E-state index contributed by atoms with van der Waals surface area (Å²) in [6.45, 7) is 3.55. The van der Waals surface area contributed by atoms with Gasteiger partial charge >= 0.3 is 0 Å². The number of ketones is 1. The Balaban J connectivity index is 1.59. The number of Topliss-reactive ketones (excluding diaryl/α,β-unsaturated/α-hetero) is 1. The highest BCUT2D eigenvalue weighted by Crippen LogP contribution is 2.42. The fourth-order valence-electron chi connectivity index (χ4n) is 5.88. The number of aromatic hydroxyl groups is 1. The van der Waals surface area contributed by atoms with Crippen LogP contribution in [0.25, 0.3) is 32.9 Å². The smallest absolute Gasteiger partial charge is 0.175 e. The van der Waals surface area contributed by atoms with Crippen molar-refractivity contribution >= 4 is 33.3 Å². The molecule has 8 heteroatoms. The van der Waals surface area contributed by atoms with E-state index >= 15 is 4.39 Å². The molecule has 178 valence electrons.